The average Bonchev–Trinajstić information content (AvgIpc) is 2.49. The fourth-order valence-corrected chi connectivity index (χ4v) is 2.75. The van der Waals surface area contributed by atoms with Crippen LogP contribution in [0, 0.1) is 5.92 Å². The second-order valence-corrected chi connectivity index (χ2v) is 5.88. The van der Waals surface area contributed by atoms with E-state index in [1.165, 1.54) is 6.42 Å². The molecule has 0 spiro atoms. The number of primary amides is 1. The molecular weight excluding hydrogens is 290 g/mol. The number of carbonyl (C=O) groups is 2. The lowest BCUT2D eigenvalue weighted by molar-refractivity contribution is -0.130. The SMILES string of the molecule is NC(=O)[C@H](Cc1ccc(Cl)nc1)NC(=O)C1CCCCC1. The predicted octanol–water partition coefficient (Wildman–Crippen LogP) is 1.83. The minimum atomic E-state index is -0.706. The van der Waals surface area contributed by atoms with Crippen LogP contribution in [-0.2, 0) is 16.0 Å². The van der Waals surface area contributed by atoms with Gasteiger partial charge in [0.15, 0.2) is 0 Å². The summed E-state index contributed by atoms with van der Waals surface area (Å²) in [6.07, 6.45) is 7.02. The van der Waals surface area contributed by atoms with Gasteiger partial charge in [0.1, 0.15) is 11.2 Å². The van der Waals surface area contributed by atoms with Crippen LogP contribution in [0.2, 0.25) is 5.15 Å². The topological polar surface area (TPSA) is 85.1 Å². The summed E-state index contributed by atoms with van der Waals surface area (Å²) >= 11 is 5.72. The van der Waals surface area contributed by atoms with Crippen LogP contribution in [0.25, 0.3) is 0 Å². The molecule has 1 aliphatic carbocycles. The van der Waals surface area contributed by atoms with Crippen LogP contribution in [0.5, 0.6) is 0 Å². The minimum absolute atomic E-state index is 0.00365. The first-order valence-electron chi connectivity index (χ1n) is 7.26. The van der Waals surface area contributed by atoms with Gasteiger partial charge in [-0.15, -0.1) is 0 Å². The quantitative estimate of drug-likeness (QED) is 0.814. The normalized spacial score (nSPS) is 17.2. The number of nitrogens with two attached hydrogens (primary N) is 1. The van der Waals surface area contributed by atoms with Crippen LogP contribution < -0.4 is 11.1 Å². The Morgan fingerprint density at radius 2 is 2.05 bits per heavy atom. The number of aromatic nitrogens is 1. The van der Waals surface area contributed by atoms with Gasteiger partial charge in [-0.2, -0.15) is 0 Å². The minimum Gasteiger partial charge on any atom is -0.368 e. The van der Waals surface area contributed by atoms with Crippen molar-refractivity contribution in [3.63, 3.8) is 0 Å². The number of halogens is 1. The van der Waals surface area contributed by atoms with Gasteiger partial charge in [-0.05, 0) is 24.5 Å². The molecule has 5 nitrogen and oxygen atoms in total. The molecule has 1 atom stereocenters. The largest absolute Gasteiger partial charge is 0.368 e. The molecule has 0 bridgehead atoms. The van der Waals surface area contributed by atoms with Crippen LogP contribution in [0.3, 0.4) is 0 Å². The third-order valence-corrected chi connectivity index (χ3v) is 4.09. The molecule has 0 unspecified atom stereocenters. The van der Waals surface area contributed by atoms with Crippen LogP contribution in [0.1, 0.15) is 37.7 Å². The molecule has 1 saturated carbocycles. The second-order valence-electron chi connectivity index (χ2n) is 5.49. The molecule has 1 fully saturated rings. The molecule has 1 aromatic rings. The summed E-state index contributed by atoms with van der Waals surface area (Å²) in [6.45, 7) is 0. The highest BCUT2D eigenvalue weighted by atomic mass is 35.5. The molecule has 114 valence electrons. The Morgan fingerprint density at radius 1 is 1.33 bits per heavy atom. The summed E-state index contributed by atoms with van der Waals surface area (Å²) in [5, 5.41) is 3.16. The van der Waals surface area contributed by atoms with E-state index in [9.17, 15) is 9.59 Å². The lowest BCUT2D eigenvalue weighted by Gasteiger charge is -2.23. The van der Waals surface area contributed by atoms with Gasteiger partial charge in [-0.1, -0.05) is 36.9 Å². The van der Waals surface area contributed by atoms with Gasteiger partial charge in [0, 0.05) is 18.5 Å². The summed E-state index contributed by atoms with van der Waals surface area (Å²) < 4.78 is 0. The predicted molar refractivity (Wildman–Crippen MR) is 80.7 cm³/mol. The number of carbonyl (C=O) groups excluding carboxylic acids is 2. The van der Waals surface area contributed by atoms with Gasteiger partial charge in [0.25, 0.3) is 0 Å². The molecule has 0 aromatic carbocycles. The van der Waals surface area contributed by atoms with E-state index in [2.05, 4.69) is 10.3 Å². The molecule has 3 N–H and O–H groups in total. The lowest BCUT2D eigenvalue weighted by Crippen LogP contribution is -2.48. The molecule has 0 radical (unpaired) electrons. The third kappa shape index (κ3) is 4.70. The number of nitrogens with one attached hydrogen (secondary N) is 1. The Hall–Kier alpha value is -1.62. The van der Waals surface area contributed by atoms with Crippen molar-refractivity contribution in [1.29, 1.82) is 0 Å². The van der Waals surface area contributed by atoms with Crippen molar-refractivity contribution in [3.8, 4) is 0 Å². The van der Waals surface area contributed by atoms with E-state index in [1.807, 2.05) is 0 Å². The third-order valence-electron chi connectivity index (χ3n) is 3.86. The fraction of sp³-hybridized carbons (Fsp3) is 0.533. The van der Waals surface area contributed by atoms with Crippen molar-refractivity contribution < 1.29 is 9.59 Å². The number of nitrogens with zero attached hydrogens (tertiary/aromatic N) is 1. The highest BCUT2D eigenvalue weighted by Gasteiger charge is 2.25. The Bertz CT molecular complexity index is 498. The van der Waals surface area contributed by atoms with Gasteiger partial charge in [-0.25, -0.2) is 4.98 Å². The lowest BCUT2D eigenvalue weighted by atomic mass is 9.88. The van der Waals surface area contributed by atoms with Crippen molar-refractivity contribution in [1.82, 2.24) is 10.3 Å². The van der Waals surface area contributed by atoms with E-state index in [0.717, 1.165) is 31.2 Å². The molecule has 6 heteroatoms. The Kier molecular flexibility index (Phi) is 5.56. The van der Waals surface area contributed by atoms with Crippen LogP contribution >= 0.6 is 11.6 Å². The number of rotatable bonds is 5. The van der Waals surface area contributed by atoms with Gasteiger partial charge >= 0.3 is 0 Å². The van der Waals surface area contributed by atoms with Crippen molar-refractivity contribution in [2.75, 3.05) is 0 Å². The van der Waals surface area contributed by atoms with E-state index in [1.54, 1.807) is 18.3 Å². The molecule has 0 aliphatic heterocycles. The summed E-state index contributed by atoms with van der Waals surface area (Å²) in [5.41, 5.74) is 6.20. The molecular formula is C15H20ClN3O2. The standard InChI is InChI=1S/C15H20ClN3O2/c16-13-7-6-10(9-18-13)8-12(14(17)20)19-15(21)11-4-2-1-3-5-11/h6-7,9,11-12H,1-5,8H2,(H2,17,20)(H,19,21)/t12-/m0/s1. The van der Waals surface area contributed by atoms with Crippen molar-refractivity contribution >= 4 is 23.4 Å². The number of pyridine rings is 1. The Morgan fingerprint density at radius 3 is 2.62 bits per heavy atom. The van der Waals surface area contributed by atoms with Crippen molar-refractivity contribution in [2.24, 2.45) is 11.7 Å². The summed E-state index contributed by atoms with van der Waals surface area (Å²) in [5.74, 6) is -0.599. The fourth-order valence-electron chi connectivity index (χ4n) is 2.64. The zero-order chi connectivity index (χ0) is 15.2. The molecule has 2 rings (SSSR count). The maximum atomic E-state index is 12.2. The molecule has 0 saturated heterocycles. The van der Waals surface area contributed by atoms with Gasteiger partial charge in [-0.3, -0.25) is 9.59 Å². The zero-order valence-corrected chi connectivity index (χ0v) is 12.6. The summed E-state index contributed by atoms with van der Waals surface area (Å²) in [7, 11) is 0. The summed E-state index contributed by atoms with van der Waals surface area (Å²) in [4.78, 5) is 27.7. The van der Waals surface area contributed by atoms with Crippen molar-refractivity contribution in [3.05, 3.63) is 29.0 Å². The maximum absolute atomic E-state index is 12.2. The monoisotopic (exact) mass is 309 g/mol. The number of amides is 2. The van der Waals surface area contributed by atoms with Gasteiger partial charge < -0.3 is 11.1 Å². The van der Waals surface area contributed by atoms with E-state index in [0.29, 0.717) is 11.6 Å². The van der Waals surface area contributed by atoms with Crippen LogP contribution in [-0.4, -0.2) is 22.8 Å². The average molecular weight is 310 g/mol. The Balaban J connectivity index is 1.96. The first-order valence-corrected chi connectivity index (χ1v) is 7.64. The summed E-state index contributed by atoms with van der Waals surface area (Å²) in [6, 6.07) is 2.72. The molecule has 1 aromatic heterocycles. The number of hydrogen-bond donors (Lipinski definition) is 2. The Labute approximate surface area is 129 Å². The highest BCUT2D eigenvalue weighted by molar-refractivity contribution is 6.29. The van der Waals surface area contributed by atoms with Crippen LogP contribution in [0.4, 0.5) is 0 Å². The van der Waals surface area contributed by atoms with Crippen LogP contribution in [0.15, 0.2) is 18.3 Å². The van der Waals surface area contributed by atoms with E-state index in [4.69, 9.17) is 17.3 Å². The number of hydrogen-bond acceptors (Lipinski definition) is 3. The van der Waals surface area contributed by atoms with Gasteiger partial charge in [0.2, 0.25) is 11.8 Å². The maximum Gasteiger partial charge on any atom is 0.240 e. The van der Waals surface area contributed by atoms with E-state index < -0.39 is 11.9 Å². The molecule has 1 heterocycles. The molecule has 1 aliphatic rings. The molecule has 21 heavy (non-hydrogen) atoms. The zero-order valence-electron chi connectivity index (χ0n) is 11.8. The highest BCUT2D eigenvalue weighted by Crippen LogP contribution is 2.23. The first-order chi connectivity index (χ1) is 10.1. The first kappa shape index (κ1) is 15.8. The van der Waals surface area contributed by atoms with E-state index in [-0.39, 0.29) is 11.8 Å². The molecule has 2 amide bonds. The van der Waals surface area contributed by atoms with Gasteiger partial charge in [0.05, 0.1) is 0 Å². The van der Waals surface area contributed by atoms with E-state index >= 15 is 0 Å². The second kappa shape index (κ2) is 7.41. The van der Waals surface area contributed by atoms with Crippen molar-refractivity contribution in [2.45, 2.75) is 44.6 Å². The smallest absolute Gasteiger partial charge is 0.240 e.